The van der Waals surface area contributed by atoms with Gasteiger partial charge in [-0.15, -0.1) is 0 Å². The number of para-hydroxylation sites is 1. The van der Waals surface area contributed by atoms with Gasteiger partial charge in [-0.25, -0.2) is 4.98 Å². The Kier molecular flexibility index (Phi) is 6.14. The van der Waals surface area contributed by atoms with Crippen LogP contribution in [0.3, 0.4) is 0 Å². The number of hydrogen-bond acceptors (Lipinski definition) is 6. The zero-order valence-electron chi connectivity index (χ0n) is 20.7. The van der Waals surface area contributed by atoms with Gasteiger partial charge in [-0.1, -0.05) is 36.4 Å². The van der Waals surface area contributed by atoms with E-state index in [2.05, 4.69) is 26.3 Å². The Labute approximate surface area is 218 Å². The number of hydrogen-bond donors (Lipinski definition) is 1. The predicted octanol–water partition coefficient (Wildman–Crippen LogP) is 5.96. The summed E-state index contributed by atoms with van der Waals surface area (Å²) in [5, 5.41) is 5.19. The van der Waals surface area contributed by atoms with Crippen LogP contribution in [0.1, 0.15) is 49.7 Å². The maximum Gasteiger partial charge on any atom is 0.263 e. The third-order valence-corrected chi connectivity index (χ3v) is 7.12. The zero-order valence-corrected chi connectivity index (χ0v) is 21.4. The summed E-state index contributed by atoms with van der Waals surface area (Å²) in [6, 6.07) is 17.3. The summed E-state index contributed by atoms with van der Waals surface area (Å²) < 4.78 is 9.64. The fourth-order valence-corrected chi connectivity index (χ4v) is 5.31. The van der Waals surface area contributed by atoms with Gasteiger partial charge >= 0.3 is 0 Å². The van der Waals surface area contributed by atoms with Crippen molar-refractivity contribution in [1.82, 2.24) is 24.1 Å². The number of imidazole rings is 1. The van der Waals surface area contributed by atoms with Crippen LogP contribution in [0.25, 0.3) is 27.6 Å². The molecule has 3 aromatic heterocycles. The number of nitrogens with zero attached hydrogens (tertiary/aromatic N) is 5. The van der Waals surface area contributed by atoms with Crippen molar-refractivity contribution in [1.29, 1.82) is 0 Å². The Hall–Kier alpha value is -3.75. The van der Waals surface area contributed by atoms with Crippen molar-refractivity contribution in [3.05, 3.63) is 87.8 Å². The molecule has 188 valence electrons. The molecule has 4 heterocycles. The normalized spacial score (nSPS) is 16.8. The van der Waals surface area contributed by atoms with E-state index < -0.39 is 0 Å². The molecule has 6 rings (SSSR count). The molecule has 8 nitrogen and oxygen atoms in total. The largest absolute Gasteiger partial charge is 0.360 e. The van der Waals surface area contributed by atoms with E-state index in [-0.39, 0.29) is 23.1 Å². The highest BCUT2D eigenvalue weighted by Gasteiger charge is 2.23. The fourth-order valence-electron chi connectivity index (χ4n) is 5.14. The molecule has 1 aliphatic heterocycles. The van der Waals surface area contributed by atoms with E-state index in [9.17, 15) is 4.79 Å². The van der Waals surface area contributed by atoms with E-state index in [1.807, 2.05) is 66.9 Å². The number of fused-ring (bicyclic) bond motifs is 2. The van der Waals surface area contributed by atoms with Crippen LogP contribution in [0.15, 0.2) is 65.7 Å². The van der Waals surface area contributed by atoms with Crippen molar-refractivity contribution in [3.63, 3.8) is 0 Å². The van der Waals surface area contributed by atoms with Crippen LogP contribution in [-0.4, -0.2) is 30.7 Å². The molecular formula is C28H27ClN6O2. The molecule has 1 saturated heterocycles. The first-order chi connectivity index (χ1) is 18.0. The lowest BCUT2D eigenvalue weighted by molar-refractivity contribution is -0.0298. The third-order valence-electron chi connectivity index (χ3n) is 6.95. The molecule has 2 atom stereocenters. The van der Waals surface area contributed by atoms with Crippen molar-refractivity contribution < 1.29 is 4.74 Å². The summed E-state index contributed by atoms with van der Waals surface area (Å²) in [7, 11) is 0. The van der Waals surface area contributed by atoms with Crippen molar-refractivity contribution in [2.24, 2.45) is 0 Å². The van der Waals surface area contributed by atoms with Gasteiger partial charge in [0.1, 0.15) is 6.23 Å². The molecule has 1 fully saturated rings. The molecule has 5 aromatic rings. The third kappa shape index (κ3) is 4.26. The number of pyridine rings is 1. The second-order valence-corrected chi connectivity index (χ2v) is 9.78. The molecule has 2 unspecified atom stereocenters. The average molecular weight is 515 g/mol. The Balaban J connectivity index is 1.47. The molecular weight excluding hydrogens is 488 g/mol. The van der Waals surface area contributed by atoms with Gasteiger partial charge in [-0.3, -0.25) is 13.9 Å². The van der Waals surface area contributed by atoms with Crippen LogP contribution >= 0.6 is 11.6 Å². The SMILES string of the molecule is Cc1cccc2cc(C(C)Nc3nc(Cl)nc4c3ncn4C3CCCCO3)n(-c3ccccc3)c(=O)c12. The maximum absolute atomic E-state index is 13.8. The lowest BCUT2D eigenvalue weighted by atomic mass is 10.0. The minimum absolute atomic E-state index is 0.0601. The monoisotopic (exact) mass is 514 g/mol. The Morgan fingerprint density at radius 2 is 1.95 bits per heavy atom. The van der Waals surface area contributed by atoms with Crippen molar-refractivity contribution in [3.8, 4) is 5.69 Å². The molecule has 1 aliphatic rings. The number of nitrogens with one attached hydrogen (secondary N) is 1. The van der Waals surface area contributed by atoms with Gasteiger partial charge in [0, 0.05) is 18.0 Å². The molecule has 9 heteroatoms. The van der Waals surface area contributed by atoms with E-state index in [1.165, 1.54) is 0 Å². The number of aryl methyl sites for hydroxylation is 1. The molecule has 0 bridgehead atoms. The van der Waals surface area contributed by atoms with Crippen molar-refractivity contribution in [2.45, 2.75) is 45.4 Å². The summed E-state index contributed by atoms with van der Waals surface area (Å²) >= 11 is 6.37. The van der Waals surface area contributed by atoms with Gasteiger partial charge in [0.15, 0.2) is 17.0 Å². The van der Waals surface area contributed by atoms with Crippen molar-refractivity contribution in [2.75, 3.05) is 11.9 Å². The quantitative estimate of drug-likeness (QED) is 0.291. The topological polar surface area (TPSA) is 86.9 Å². The standard InChI is InChI=1S/C28H27ClN6O2/c1-17-9-8-10-19-15-21(35(27(36)23(17)19)20-11-4-3-5-12-20)18(2)31-25-24-26(33-28(29)32-25)34(16-30-24)22-13-6-7-14-37-22/h3-5,8-12,15-16,18,22H,6-7,13-14H2,1-2H3,(H,31,32,33). The minimum Gasteiger partial charge on any atom is -0.360 e. The summed E-state index contributed by atoms with van der Waals surface area (Å²) in [6.07, 6.45) is 4.65. The highest BCUT2D eigenvalue weighted by Crippen LogP contribution is 2.31. The van der Waals surface area contributed by atoms with Crippen LogP contribution in [0.4, 0.5) is 5.82 Å². The van der Waals surface area contributed by atoms with Crippen LogP contribution in [0.5, 0.6) is 0 Å². The minimum atomic E-state index is -0.303. The number of rotatable bonds is 5. The molecule has 0 saturated carbocycles. The Morgan fingerprint density at radius 1 is 1.11 bits per heavy atom. The second kappa shape index (κ2) is 9.61. The molecule has 2 aromatic carbocycles. The van der Waals surface area contributed by atoms with E-state index in [0.29, 0.717) is 29.0 Å². The summed E-state index contributed by atoms with van der Waals surface area (Å²) in [5.74, 6) is 0.508. The van der Waals surface area contributed by atoms with Crippen LogP contribution < -0.4 is 10.9 Å². The predicted molar refractivity (Wildman–Crippen MR) is 145 cm³/mol. The van der Waals surface area contributed by atoms with Crippen LogP contribution in [-0.2, 0) is 4.74 Å². The summed E-state index contributed by atoms with van der Waals surface area (Å²) in [4.78, 5) is 27.4. The Morgan fingerprint density at radius 3 is 2.73 bits per heavy atom. The first-order valence-electron chi connectivity index (χ1n) is 12.5. The van der Waals surface area contributed by atoms with Gasteiger partial charge in [-0.2, -0.15) is 9.97 Å². The van der Waals surface area contributed by atoms with Gasteiger partial charge in [0.25, 0.3) is 5.56 Å². The van der Waals surface area contributed by atoms with Gasteiger partial charge in [-0.05, 0) is 73.9 Å². The van der Waals surface area contributed by atoms with E-state index in [0.717, 1.165) is 41.6 Å². The number of ether oxygens (including phenoxy) is 1. The molecule has 1 N–H and O–H groups in total. The Bertz CT molecular complexity index is 1660. The number of anilines is 1. The summed E-state index contributed by atoms with van der Waals surface area (Å²) in [6.45, 7) is 4.68. The molecule has 37 heavy (non-hydrogen) atoms. The van der Waals surface area contributed by atoms with Gasteiger partial charge in [0.05, 0.1) is 17.8 Å². The highest BCUT2D eigenvalue weighted by atomic mass is 35.5. The number of halogens is 1. The van der Waals surface area contributed by atoms with E-state index in [1.54, 1.807) is 10.9 Å². The summed E-state index contributed by atoms with van der Waals surface area (Å²) in [5.41, 5.74) is 3.71. The number of aromatic nitrogens is 5. The van der Waals surface area contributed by atoms with E-state index in [4.69, 9.17) is 16.3 Å². The number of benzene rings is 2. The fraction of sp³-hybridized carbons (Fsp3) is 0.286. The first kappa shape index (κ1) is 23.6. The molecule has 0 spiro atoms. The zero-order chi connectivity index (χ0) is 25.5. The smallest absolute Gasteiger partial charge is 0.263 e. The van der Waals surface area contributed by atoms with Gasteiger partial charge in [0.2, 0.25) is 5.28 Å². The lowest BCUT2D eigenvalue weighted by Crippen LogP contribution is -2.26. The molecule has 0 radical (unpaired) electrons. The van der Waals surface area contributed by atoms with Crippen LogP contribution in [0.2, 0.25) is 5.28 Å². The second-order valence-electron chi connectivity index (χ2n) is 9.44. The van der Waals surface area contributed by atoms with Crippen LogP contribution in [0, 0.1) is 6.92 Å². The average Bonchev–Trinajstić information content (AvgIpc) is 3.33. The maximum atomic E-state index is 13.8. The molecule has 0 aliphatic carbocycles. The van der Waals surface area contributed by atoms with Gasteiger partial charge < -0.3 is 10.1 Å². The lowest BCUT2D eigenvalue weighted by Gasteiger charge is -2.24. The van der Waals surface area contributed by atoms with E-state index >= 15 is 0 Å². The van der Waals surface area contributed by atoms with Crippen molar-refractivity contribution >= 4 is 39.4 Å². The first-order valence-corrected chi connectivity index (χ1v) is 12.9. The highest BCUT2D eigenvalue weighted by molar-refractivity contribution is 6.28. The molecule has 0 amide bonds.